The van der Waals surface area contributed by atoms with E-state index >= 15 is 0 Å². The van der Waals surface area contributed by atoms with Crippen molar-refractivity contribution in [1.29, 1.82) is 0 Å². The maximum Gasteiger partial charge on any atom is 0.416 e. The minimum Gasteiger partial charge on any atom is -0.496 e. The van der Waals surface area contributed by atoms with E-state index in [1.807, 2.05) is 26.8 Å². The van der Waals surface area contributed by atoms with Gasteiger partial charge in [-0.2, -0.15) is 0 Å². The second-order valence-electron chi connectivity index (χ2n) is 7.02. The van der Waals surface area contributed by atoms with Crippen LogP contribution in [0.4, 0.5) is 10.6 Å². The van der Waals surface area contributed by atoms with Gasteiger partial charge < -0.3 is 9.47 Å². The second-order valence-corrected chi connectivity index (χ2v) is 7.02. The zero-order valence-electron chi connectivity index (χ0n) is 14.3. The predicted molar refractivity (Wildman–Crippen MR) is 86.6 cm³/mol. The van der Waals surface area contributed by atoms with Gasteiger partial charge in [0.25, 0.3) is 0 Å². The summed E-state index contributed by atoms with van der Waals surface area (Å²) in [5, 5.41) is 0. The van der Waals surface area contributed by atoms with Gasteiger partial charge in [0.1, 0.15) is 17.2 Å². The highest BCUT2D eigenvalue weighted by Crippen LogP contribution is 2.35. The van der Waals surface area contributed by atoms with Gasteiger partial charge in [0.05, 0.1) is 7.11 Å². The monoisotopic (exact) mass is 306 g/mol. The van der Waals surface area contributed by atoms with Crippen LogP contribution in [0.1, 0.15) is 58.9 Å². The Bertz CT molecular complexity index is 545. The second kappa shape index (κ2) is 6.15. The summed E-state index contributed by atoms with van der Waals surface area (Å²) < 4.78 is 11.0. The lowest BCUT2D eigenvalue weighted by molar-refractivity contribution is 0.0576. The number of hydrogen-bond acceptors (Lipinski definition) is 4. The lowest BCUT2D eigenvalue weighted by Gasteiger charge is -2.27. The van der Waals surface area contributed by atoms with E-state index in [2.05, 4.69) is 18.8 Å². The Morgan fingerprint density at radius 3 is 2.45 bits per heavy atom. The van der Waals surface area contributed by atoms with Crippen molar-refractivity contribution in [1.82, 2.24) is 4.98 Å². The van der Waals surface area contributed by atoms with Crippen LogP contribution in [0.3, 0.4) is 0 Å². The van der Waals surface area contributed by atoms with Crippen molar-refractivity contribution in [2.24, 2.45) is 0 Å². The molecule has 5 nitrogen and oxygen atoms in total. The van der Waals surface area contributed by atoms with Crippen molar-refractivity contribution < 1.29 is 14.3 Å². The zero-order valence-corrected chi connectivity index (χ0v) is 14.3. The van der Waals surface area contributed by atoms with Crippen LogP contribution in [0.15, 0.2) is 12.3 Å². The minimum atomic E-state index is -0.522. The Balaban J connectivity index is 2.31. The highest BCUT2D eigenvalue weighted by Gasteiger charge is 2.37. The fourth-order valence-corrected chi connectivity index (χ4v) is 2.25. The molecule has 1 aromatic rings. The van der Waals surface area contributed by atoms with Gasteiger partial charge in [-0.1, -0.05) is 13.8 Å². The molecular formula is C17H26N2O3. The first-order valence-corrected chi connectivity index (χ1v) is 7.79. The lowest BCUT2D eigenvalue weighted by Crippen LogP contribution is -2.38. The molecule has 122 valence electrons. The molecule has 22 heavy (non-hydrogen) atoms. The average Bonchev–Trinajstić information content (AvgIpc) is 3.20. The Morgan fingerprint density at radius 1 is 1.36 bits per heavy atom. The van der Waals surface area contributed by atoms with Crippen LogP contribution in [0, 0.1) is 0 Å². The van der Waals surface area contributed by atoms with Gasteiger partial charge in [0.2, 0.25) is 0 Å². The van der Waals surface area contributed by atoms with Crippen molar-refractivity contribution in [3.05, 3.63) is 17.8 Å². The van der Waals surface area contributed by atoms with Gasteiger partial charge in [0, 0.05) is 23.9 Å². The molecule has 2 rings (SSSR count). The SMILES string of the molecule is COc1cc(N(C(=O)OC(C)(C)C)C2CC2)ncc1C(C)C. The number of carbonyl (C=O) groups is 1. The molecule has 0 aliphatic heterocycles. The fraction of sp³-hybridized carbons (Fsp3) is 0.647. The number of amides is 1. The molecule has 1 saturated carbocycles. The van der Waals surface area contributed by atoms with Gasteiger partial charge in [-0.25, -0.2) is 9.78 Å². The molecule has 1 fully saturated rings. The average molecular weight is 306 g/mol. The molecule has 0 saturated heterocycles. The number of ether oxygens (including phenoxy) is 2. The first-order valence-electron chi connectivity index (χ1n) is 7.79. The Hall–Kier alpha value is -1.78. The zero-order chi connectivity index (χ0) is 16.5. The molecule has 1 aromatic heterocycles. The highest BCUT2D eigenvalue weighted by molar-refractivity contribution is 5.88. The smallest absolute Gasteiger partial charge is 0.416 e. The third-order valence-corrected chi connectivity index (χ3v) is 3.47. The summed E-state index contributed by atoms with van der Waals surface area (Å²) >= 11 is 0. The quantitative estimate of drug-likeness (QED) is 0.839. The van der Waals surface area contributed by atoms with Crippen LogP contribution < -0.4 is 9.64 Å². The normalized spacial score (nSPS) is 14.9. The van der Waals surface area contributed by atoms with Crippen molar-refractivity contribution >= 4 is 11.9 Å². The van der Waals surface area contributed by atoms with Crippen LogP contribution >= 0.6 is 0 Å². The van der Waals surface area contributed by atoms with Crippen molar-refractivity contribution in [2.75, 3.05) is 12.0 Å². The van der Waals surface area contributed by atoms with Crippen LogP contribution in [0.2, 0.25) is 0 Å². The topological polar surface area (TPSA) is 51.7 Å². The number of methoxy groups -OCH3 is 1. The van der Waals surface area contributed by atoms with Crippen molar-refractivity contribution in [3.63, 3.8) is 0 Å². The number of hydrogen-bond donors (Lipinski definition) is 0. The number of rotatable bonds is 4. The Labute approximate surface area is 132 Å². The van der Waals surface area contributed by atoms with Gasteiger partial charge in [-0.3, -0.25) is 4.90 Å². The van der Waals surface area contributed by atoms with Crippen LogP contribution in [0.5, 0.6) is 5.75 Å². The molecule has 0 spiro atoms. The third-order valence-electron chi connectivity index (χ3n) is 3.47. The number of carbonyl (C=O) groups excluding carboxylic acids is 1. The van der Waals surface area contributed by atoms with Crippen LogP contribution in [-0.4, -0.2) is 29.8 Å². The third kappa shape index (κ3) is 3.90. The molecule has 0 N–H and O–H groups in total. The maximum absolute atomic E-state index is 12.5. The lowest BCUT2D eigenvalue weighted by atomic mass is 10.0. The highest BCUT2D eigenvalue weighted by atomic mass is 16.6. The summed E-state index contributed by atoms with van der Waals surface area (Å²) in [4.78, 5) is 18.6. The van der Waals surface area contributed by atoms with E-state index in [0.717, 1.165) is 24.2 Å². The molecule has 5 heteroatoms. The van der Waals surface area contributed by atoms with Crippen molar-refractivity contribution in [2.45, 2.75) is 65.0 Å². The van der Waals surface area contributed by atoms with Gasteiger partial charge in [0.15, 0.2) is 0 Å². The van der Waals surface area contributed by atoms with Gasteiger partial charge in [-0.05, 0) is 39.5 Å². The van der Waals surface area contributed by atoms with E-state index in [1.54, 1.807) is 18.2 Å². The molecule has 1 aliphatic carbocycles. The maximum atomic E-state index is 12.5. The number of aromatic nitrogens is 1. The van der Waals surface area contributed by atoms with E-state index in [1.165, 1.54) is 0 Å². The predicted octanol–water partition coefficient (Wildman–Crippen LogP) is 4.12. The largest absolute Gasteiger partial charge is 0.496 e. The fourth-order valence-electron chi connectivity index (χ4n) is 2.25. The molecule has 0 atom stereocenters. The first-order chi connectivity index (χ1) is 10.2. The molecular weight excluding hydrogens is 280 g/mol. The molecule has 1 heterocycles. The van der Waals surface area contributed by atoms with E-state index in [0.29, 0.717) is 11.7 Å². The molecule has 0 radical (unpaired) electrons. The van der Waals surface area contributed by atoms with E-state index in [9.17, 15) is 4.79 Å². The van der Waals surface area contributed by atoms with Gasteiger partial charge >= 0.3 is 6.09 Å². The number of nitrogens with zero attached hydrogens (tertiary/aromatic N) is 2. The van der Waals surface area contributed by atoms with E-state index < -0.39 is 5.60 Å². The Kier molecular flexibility index (Phi) is 4.63. The van der Waals surface area contributed by atoms with Crippen molar-refractivity contribution in [3.8, 4) is 5.75 Å². The van der Waals surface area contributed by atoms with E-state index in [4.69, 9.17) is 9.47 Å². The van der Waals surface area contributed by atoms with Gasteiger partial charge in [-0.15, -0.1) is 0 Å². The summed E-state index contributed by atoms with van der Waals surface area (Å²) in [5.41, 5.74) is 0.512. The van der Waals surface area contributed by atoms with E-state index in [-0.39, 0.29) is 12.1 Å². The van der Waals surface area contributed by atoms with Crippen LogP contribution in [0.25, 0.3) is 0 Å². The van der Waals surface area contributed by atoms with Crippen LogP contribution in [-0.2, 0) is 4.74 Å². The summed E-state index contributed by atoms with van der Waals surface area (Å²) in [6.07, 6.45) is 3.41. The molecule has 1 aliphatic rings. The number of anilines is 1. The summed E-state index contributed by atoms with van der Waals surface area (Å²) in [6, 6.07) is 2.01. The summed E-state index contributed by atoms with van der Waals surface area (Å²) in [6.45, 7) is 9.78. The minimum absolute atomic E-state index is 0.178. The Morgan fingerprint density at radius 2 is 2.00 bits per heavy atom. The first kappa shape index (κ1) is 16.6. The number of pyridine rings is 1. The summed E-state index contributed by atoms with van der Waals surface area (Å²) in [5.74, 6) is 1.67. The molecule has 0 aromatic carbocycles. The molecule has 0 bridgehead atoms. The standard InChI is InChI=1S/C17H26N2O3/c1-11(2)13-10-18-15(9-14(13)21-6)19(12-7-8-12)16(20)22-17(3,4)5/h9-12H,7-8H2,1-6H3. The molecule has 0 unspecified atom stereocenters. The summed E-state index contributed by atoms with van der Waals surface area (Å²) in [7, 11) is 1.64. The molecule has 1 amide bonds.